The molecule has 0 unspecified atom stereocenters. The van der Waals surface area contributed by atoms with E-state index in [4.69, 9.17) is 9.51 Å². The minimum Gasteiger partial charge on any atom is -0.342 e. The van der Waals surface area contributed by atoms with E-state index in [1.807, 2.05) is 30.3 Å². The number of carbonyl (C=O) groups is 1. The zero-order valence-electron chi connectivity index (χ0n) is 21.8. The van der Waals surface area contributed by atoms with Crippen molar-refractivity contribution in [3.8, 4) is 11.5 Å². The predicted octanol–water partition coefficient (Wildman–Crippen LogP) is 4.39. The van der Waals surface area contributed by atoms with Crippen LogP contribution in [0.25, 0.3) is 22.5 Å². The lowest BCUT2D eigenvalue weighted by atomic mass is 10.1. The number of fused-ring (bicyclic) bond motifs is 1. The molecular formula is C27H30F3N7O2. The third-order valence-electron chi connectivity index (χ3n) is 6.55. The molecule has 0 spiro atoms. The van der Waals surface area contributed by atoms with Crippen LogP contribution in [0.5, 0.6) is 0 Å². The van der Waals surface area contributed by atoms with Crippen molar-refractivity contribution in [3.63, 3.8) is 0 Å². The molecule has 1 amide bonds. The van der Waals surface area contributed by atoms with Crippen LogP contribution in [0.3, 0.4) is 0 Å². The standard InChI is InChI=1S/C27H30F3N7O2/c1-17(2)11-24-34-26(39-35-24)19-3-4-21-22(13-19)33-23(32-21)14-20-12-18(5-6-31-20)16-36-7-9-37(10-8-36)25(38)15-27(28,29)30/h3-6,12-13,17H,7-11,14-16H2,1-2H3,(H,32,33). The number of nitrogens with zero attached hydrogens (tertiary/aromatic N) is 6. The van der Waals surface area contributed by atoms with Crippen molar-refractivity contribution in [1.29, 1.82) is 0 Å². The highest BCUT2D eigenvalue weighted by Crippen LogP contribution is 2.24. The Labute approximate surface area is 223 Å². The average Bonchev–Trinajstić information content (AvgIpc) is 3.49. The first-order valence-electron chi connectivity index (χ1n) is 12.9. The normalized spacial score (nSPS) is 15.0. The summed E-state index contributed by atoms with van der Waals surface area (Å²) in [5.74, 6) is 1.51. The van der Waals surface area contributed by atoms with Gasteiger partial charge in [0, 0.05) is 63.0 Å². The molecule has 9 nitrogen and oxygen atoms in total. The summed E-state index contributed by atoms with van der Waals surface area (Å²) >= 11 is 0. The molecule has 1 aliphatic rings. The molecule has 1 N–H and O–H groups in total. The predicted molar refractivity (Wildman–Crippen MR) is 137 cm³/mol. The maximum Gasteiger partial charge on any atom is 0.397 e. The van der Waals surface area contributed by atoms with Gasteiger partial charge in [-0.3, -0.25) is 14.7 Å². The number of alkyl halides is 3. The summed E-state index contributed by atoms with van der Waals surface area (Å²) in [6.45, 7) is 6.46. The maximum atomic E-state index is 12.5. The van der Waals surface area contributed by atoms with E-state index in [9.17, 15) is 18.0 Å². The van der Waals surface area contributed by atoms with Crippen LogP contribution >= 0.6 is 0 Å². The summed E-state index contributed by atoms with van der Waals surface area (Å²) in [5.41, 5.74) is 4.40. The third kappa shape index (κ3) is 6.99. The van der Waals surface area contributed by atoms with E-state index in [0.29, 0.717) is 43.7 Å². The molecule has 0 aliphatic carbocycles. The zero-order chi connectivity index (χ0) is 27.6. The molecule has 5 rings (SSSR count). The summed E-state index contributed by atoms with van der Waals surface area (Å²) in [6.07, 6.45) is -2.87. The number of carbonyl (C=O) groups excluding carboxylic acids is 1. The van der Waals surface area contributed by atoms with Crippen LogP contribution in [-0.4, -0.2) is 73.2 Å². The first-order valence-corrected chi connectivity index (χ1v) is 12.9. The molecule has 0 atom stereocenters. The lowest BCUT2D eigenvalue weighted by molar-refractivity contribution is -0.162. The molecule has 1 fully saturated rings. The van der Waals surface area contributed by atoms with Crippen LogP contribution in [0.15, 0.2) is 41.1 Å². The van der Waals surface area contributed by atoms with Crippen molar-refractivity contribution in [2.24, 2.45) is 5.92 Å². The van der Waals surface area contributed by atoms with Gasteiger partial charge in [0.05, 0.1) is 11.0 Å². The van der Waals surface area contributed by atoms with E-state index in [1.54, 1.807) is 6.20 Å². The Kier molecular flexibility index (Phi) is 7.65. The molecule has 1 saturated heterocycles. The van der Waals surface area contributed by atoms with E-state index < -0.39 is 18.5 Å². The molecule has 4 aromatic rings. The molecule has 4 heterocycles. The minimum atomic E-state index is -4.48. The van der Waals surface area contributed by atoms with Gasteiger partial charge in [-0.2, -0.15) is 18.2 Å². The Morgan fingerprint density at radius 3 is 2.64 bits per heavy atom. The van der Waals surface area contributed by atoms with Gasteiger partial charge in [-0.05, 0) is 41.8 Å². The van der Waals surface area contributed by atoms with E-state index in [-0.39, 0.29) is 13.1 Å². The van der Waals surface area contributed by atoms with Crippen LogP contribution in [0, 0.1) is 5.92 Å². The topological polar surface area (TPSA) is 104 Å². The van der Waals surface area contributed by atoms with Gasteiger partial charge in [-0.15, -0.1) is 0 Å². The van der Waals surface area contributed by atoms with Gasteiger partial charge in [0.25, 0.3) is 5.89 Å². The highest BCUT2D eigenvalue weighted by molar-refractivity contribution is 5.80. The number of aromatic amines is 1. The van der Waals surface area contributed by atoms with Crippen molar-refractivity contribution >= 4 is 16.9 Å². The number of halogens is 3. The van der Waals surface area contributed by atoms with Crippen LogP contribution in [0.4, 0.5) is 13.2 Å². The van der Waals surface area contributed by atoms with Crippen molar-refractivity contribution in [2.75, 3.05) is 26.2 Å². The molecule has 0 saturated carbocycles. The lowest BCUT2D eigenvalue weighted by Gasteiger charge is -2.35. The molecule has 1 aliphatic heterocycles. The quantitative estimate of drug-likeness (QED) is 0.353. The van der Waals surface area contributed by atoms with E-state index in [0.717, 1.165) is 40.1 Å². The van der Waals surface area contributed by atoms with Crippen molar-refractivity contribution in [3.05, 3.63) is 59.4 Å². The number of amides is 1. The number of hydrogen-bond acceptors (Lipinski definition) is 7. The monoisotopic (exact) mass is 541 g/mol. The average molecular weight is 542 g/mol. The summed E-state index contributed by atoms with van der Waals surface area (Å²) in [5, 5.41) is 4.07. The van der Waals surface area contributed by atoms with Gasteiger partial charge >= 0.3 is 6.18 Å². The number of imidazole rings is 1. The highest BCUT2D eigenvalue weighted by atomic mass is 19.4. The Balaban J connectivity index is 1.20. The molecule has 3 aromatic heterocycles. The zero-order valence-corrected chi connectivity index (χ0v) is 21.8. The van der Waals surface area contributed by atoms with E-state index in [1.165, 1.54) is 4.90 Å². The van der Waals surface area contributed by atoms with Crippen LogP contribution in [-0.2, 0) is 24.2 Å². The minimum absolute atomic E-state index is 0.288. The molecular weight excluding hydrogens is 511 g/mol. The molecule has 206 valence electrons. The maximum absolute atomic E-state index is 12.5. The van der Waals surface area contributed by atoms with Crippen molar-refractivity contribution < 1.29 is 22.5 Å². The van der Waals surface area contributed by atoms with Gasteiger partial charge in [0.15, 0.2) is 5.82 Å². The number of H-pyrrole nitrogens is 1. The van der Waals surface area contributed by atoms with Gasteiger partial charge in [0.2, 0.25) is 5.91 Å². The van der Waals surface area contributed by atoms with Crippen LogP contribution in [0.1, 0.15) is 43.2 Å². The first-order chi connectivity index (χ1) is 18.6. The number of hydrogen-bond donors (Lipinski definition) is 1. The number of aromatic nitrogens is 5. The second kappa shape index (κ2) is 11.1. The molecule has 0 bridgehead atoms. The summed E-state index contributed by atoms with van der Waals surface area (Å²) in [7, 11) is 0. The molecule has 0 radical (unpaired) electrons. The number of nitrogens with one attached hydrogen (secondary N) is 1. The largest absolute Gasteiger partial charge is 0.397 e. The number of pyridine rings is 1. The van der Waals surface area contributed by atoms with Gasteiger partial charge in [-0.1, -0.05) is 19.0 Å². The summed E-state index contributed by atoms with van der Waals surface area (Å²) < 4.78 is 43.0. The van der Waals surface area contributed by atoms with Crippen molar-refractivity contribution in [2.45, 2.75) is 45.8 Å². The van der Waals surface area contributed by atoms with E-state index in [2.05, 4.69) is 38.9 Å². The Bertz CT molecular complexity index is 1440. The Morgan fingerprint density at radius 1 is 1.10 bits per heavy atom. The van der Waals surface area contributed by atoms with Gasteiger partial charge in [0.1, 0.15) is 12.2 Å². The van der Waals surface area contributed by atoms with E-state index >= 15 is 0 Å². The number of piperazine rings is 1. The highest BCUT2D eigenvalue weighted by Gasteiger charge is 2.34. The fourth-order valence-corrected chi connectivity index (χ4v) is 4.69. The second-order valence-corrected chi connectivity index (χ2v) is 10.3. The molecule has 1 aromatic carbocycles. The SMILES string of the molecule is CC(C)Cc1noc(-c2ccc3nc(Cc4cc(CN5CCN(C(=O)CC(F)(F)F)CC5)ccn4)[nH]c3c2)n1. The summed E-state index contributed by atoms with van der Waals surface area (Å²) in [6, 6.07) is 9.71. The van der Waals surface area contributed by atoms with Crippen LogP contribution < -0.4 is 0 Å². The van der Waals surface area contributed by atoms with Gasteiger partial charge < -0.3 is 14.4 Å². The fraction of sp³-hybridized carbons (Fsp3) is 0.444. The number of rotatable bonds is 8. The third-order valence-corrected chi connectivity index (χ3v) is 6.55. The molecule has 12 heteroatoms. The second-order valence-electron chi connectivity index (χ2n) is 10.3. The lowest BCUT2D eigenvalue weighted by Crippen LogP contribution is -2.49. The fourth-order valence-electron chi connectivity index (χ4n) is 4.69. The first kappa shape index (κ1) is 26.8. The van der Waals surface area contributed by atoms with Crippen molar-refractivity contribution in [1.82, 2.24) is 34.9 Å². The van der Waals surface area contributed by atoms with Crippen LogP contribution in [0.2, 0.25) is 0 Å². The number of benzene rings is 1. The summed E-state index contributed by atoms with van der Waals surface area (Å²) in [4.78, 5) is 32.3. The molecule has 39 heavy (non-hydrogen) atoms. The Hall–Kier alpha value is -3.80. The smallest absolute Gasteiger partial charge is 0.342 e. The van der Waals surface area contributed by atoms with Gasteiger partial charge in [-0.25, -0.2) is 4.98 Å². The Morgan fingerprint density at radius 2 is 1.90 bits per heavy atom.